The first-order valence-electron chi connectivity index (χ1n) is 11.8. The second-order valence-electron chi connectivity index (χ2n) is 9.44. The summed E-state index contributed by atoms with van der Waals surface area (Å²) >= 11 is 0. The van der Waals surface area contributed by atoms with Gasteiger partial charge in [0, 0.05) is 23.6 Å². The fourth-order valence-electron chi connectivity index (χ4n) is 3.86. The van der Waals surface area contributed by atoms with E-state index in [2.05, 4.69) is 22.4 Å². The summed E-state index contributed by atoms with van der Waals surface area (Å²) in [5.74, 6) is 2.28. The summed E-state index contributed by atoms with van der Waals surface area (Å²) in [5, 5.41) is 4.69. The number of aromatic nitrogens is 2. The lowest BCUT2D eigenvalue weighted by Crippen LogP contribution is -2.27. The Bertz CT molecular complexity index is 1360. The van der Waals surface area contributed by atoms with Crippen molar-refractivity contribution < 1.29 is 19.0 Å². The van der Waals surface area contributed by atoms with Gasteiger partial charge in [0.25, 0.3) is 0 Å². The SMILES string of the molecule is COc1ccc(CCc2nccc(-c3cc(NC(=O)OC(C)(C)C)c4cc(OC)ccc4c3)n2)cc1. The average molecular weight is 486 g/mol. The highest BCUT2D eigenvalue weighted by Gasteiger charge is 2.18. The molecule has 4 aromatic rings. The van der Waals surface area contributed by atoms with Crippen molar-refractivity contribution >= 4 is 22.6 Å². The minimum absolute atomic E-state index is 0.522. The van der Waals surface area contributed by atoms with Gasteiger partial charge in [0.2, 0.25) is 0 Å². The molecule has 0 aliphatic carbocycles. The number of amides is 1. The fraction of sp³-hybridized carbons (Fsp3) is 0.276. The maximum atomic E-state index is 12.6. The number of hydrogen-bond donors (Lipinski definition) is 1. The Morgan fingerprint density at radius 3 is 2.31 bits per heavy atom. The summed E-state index contributed by atoms with van der Waals surface area (Å²) in [6.07, 6.45) is 2.77. The third-order valence-corrected chi connectivity index (χ3v) is 5.59. The molecule has 0 radical (unpaired) electrons. The molecule has 7 heteroatoms. The third kappa shape index (κ3) is 6.30. The monoisotopic (exact) mass is 485 g/mol. The van der Waals surface area contributed by atoms with Crippen LogP contribution in [0.15, 0.2) is 66.9 Å². The summed E-state index contributed by atoms with van der Waals surface area (Å²) in [6.45, 7) is 5.50. The fourth-order valence-corrected chi connectivity index (χ4v) is 3.86. The first kappa shape index (κ1) is 25.0. The zero-order valence-corrected chi connectivity index (χ0v) is 21.3. The van der Waals surface area contributed by atoms with Gasteiger partial charge in [-0.05, 0) is 80.6 Å². The van der Waals surface area contributed by atoms with Gasteiger partial charge < -0.3 is 14.2 Å². The number of ether oxygens (including phenoxy) is 3. The van der Waals surface area contributed by atoms with E-state index < -0.39 is 11.7 Å². The number of carbonyl (C=O) groups excluding carboxylic acids is 1. The van der Waals surface area contributed by atoms with E-state index in [-0.39, 0.29) is 0 Å². The molecule has 0 bridgehead atoms. The van der Waals surface area contributed by atoms with E-state index in [0.717, 1.165) is 40.0 Å². The van der Waals surface area contributed by atoms with Crippen molar-refractivity contribution in [3.05, 3.63) is 78.2 Å². The van der Waals surface area contributed by atoms with Gasteiger partial charge in [-0.3, -0.25) is 5.32 Å². The molecule has 0 unspecified atom stereocenters. The largest absolute Gasteiger partial charge is 0.497 e. The van der Waals surface area contributed by atoms with Crippen molar-refractivity contribution in [2.24, 2.45) is 0 Å². The molecule has 7 nitrogen and oxygen atoms in total. The molecule has 4 rings (SSSR count). The van der Waals surface area contributed by atoms with Crippen LogP contribution in [-0.2, 0) is 17.6 Å². The molecule has 1 aromatic heterocycles. The zero-order chi connectivity index (χ0) is 25.7. The number of nitrogens with one attached hydrogen (secondary N) is 1. The molecule has 0 aliphatic heterocycles. The molecular formula is C29H31N3O4. The Morgan fingerprint density at radius 2 is 1.61 bits per heavy atom. The van der Waals surface area contributed by atoms with Crippen LogP contribution in [0.3, 0.4) is 0 Å². The van der Waals surface area contributed by atoms with Crippen LogP contribution >= 0.6 is 0 Å². The van der Waals surface area contributed by atoms with Gasteiger partial charge in [0.15, 0.2) is 0 Å². The highest BCUT2D eigenvalue weighted by Crippen LogP contribution is 2.33. The number of methoxy groups -OCH3 is 2. The predicted molar refractivity (Wildman–Crippen MR) is 142 cm³/mol. The van der Waals surface area contributed by atoms with Crippen molar-refractivity contribution in [3.63, 3.8) is 0 Å². The Hall–Kier alpha value is -4.13. The smallest absolute Gasteiger partial charge is 0.412 e. The van der Waals surface area contributed by atoms with Crippen LogP contribution in [0.1, 0.15) is 32.2 Å². The maximum absolute atomic E-state index is 12.6. The summed E-state index contributed by atoms with van der Waals surface area (Å²) in [7, 11) is 3.27. The van der Waals surface area contributed by atoms with Crippen LogP contribution in [0.2, 0.25) is 0 Å². The minimum Gasteiger partial charge on any atom is -0.497 e. The van der Waals surface area contributed by atoms with Crippen LogP contribution in [0.5, 0.6) is 11.5 Å². The quantitative estimate of drug-likeness (QED) is 0.324. The van der Waals surface area contributed by atoms with Gasteiger partial charge in [-0.15, -0.1) is 0 Å². The standard InChI is InChI=1S/C29H31N3O4/c1-29(2,3)36-28(33)32-26-17-21(16-20-9-12-23(35-5)18-24(20)26)25-14-15-30-27(31-25)13-8-19-6-10-22(34-4)11-7-19/h6-7,9-12,14-18H,8,13H2,1-5H3,(H,32,33). The second-order valence-corrected chi connectivity index (χ2v) is 9.44. The zero-order valence-electron chi connectivity index (χ0n) is 21.3. The molecule has 1 heterocycles. The summed E-state index contributed by atoms with van der Waals surface area (Å²) in [6, 6.07) is 19.6. The van der Waals surface area contributed by atoms with E-state index >= 15 is 0 Å². The van der Waals surface area contributed by atoms with Crippen molar-refractivity contribution in [2.75, 3.05) is 19.5 Å². The average Bonchev–Trinajstić information content (AvgIpc) is 2.86. The Morgan fingerprint density at radius 1 is 0.889 bits per heavy atom. The molecule has 0 spiro atoms. The first-order chi connectivity index (χ1) is 17.2. The molecule has 1 amide bonds. The van der Waals surface area contributed by atoms with Crippen LogP contribution < -0.4 is 14.8 Å². The molecule has 186 valence electrons. The Kier molecular flexibility index (Phi) is 7.38. The number of rotatable bonds is 7. The summed E-state index contributed by atoms with van der Waals surface area (Å²) < 4.78 is 16.1. The number of benzene rings is 3. The highest BCUT2D eigenvalue weighted by atomic mass is 16.6. The van der Waals surface area contributed by atoms with Crippen LogP contribution in [0.25, 0.3) is 22.0 Å². The highest BCUT2D eigenvalue weighted by molar-refractivity contribution is 6.03. The van der Waals surface area contributed by atoms with E-state index in [1.807, 2.05) is 69.3 Å². The topological polar surface area (TPSA) is 82.6 Å². The number of nitrogens with zero attached hydrogens (tertiary/aromatic N) is 2. The molecule has 3 aromatic carbocycles. The Balaban J connectivity index is 1.64. The second kappa shape index (κ2) is 10.6. The van der Waals surface area contributed by atoms with Gasteiger partial charge in [-0.1, -0.05) is 18.2 Å². The van der Waals surface area contributed by atoms with E-state index in [1.54, 1.807) is 20.4 Å². The molecule has 0 fully saturated rings. The van der Waals surface area contributed by atoms with E-state index in [9.17, 15) is 4.79 Å². The van der Waals surface area contributed by atoms with Crippen LogP contribution in [0.4, 0.5) is 10.5 Å². The third-order valence-electron chi connectivity index (χ3n) is 5.59. The molecule has 1 N–H and O–H groups in total. The lowest BCUT2D eigenvalue weighted by molar-refractivity contribution is 0.0636. The number of hydrogen-bond acceptors (Lipinski definition) is 6. The van der Waals surface area contributed by atoms with E-state index in [1.165, 1.54) is 5.56 Å². The molecule has 0 atom stereocenters. The van der Waals surface area contributed by atoms with Gasteiger partial charge in [-0.2, -0.15) is 0 Å². The number of anilines is 1. The van der Waals surface area contributed by atoms with Crippen LogP contribution in [0, 0.1) is 0 Å². The van der Waals surface area contributed by atoms with Gasteiger partial charge in [0.1, 0.15) is 22.9 Å². The van der Waals surface area contributed by atoms with Crippen molar-refractivity contribution in [1.82, 2.24) is 9.97 Å². The maximum Gasteiger partial charge on any atom is 0.412 e. The molecular weight excluding hydrogens is 454 g/mol. The molecule has 0 aliphatic rings. The number of fused-ring (bicyclic) bond motifs is 1. The van der Waals surface area contributed by atoms with Crippen molar-refractivity contribution in [3.8, 4) is 22.8 Å². The van der Waals surface area contributed by atoms with Crippen LogP contribution in [-0.4, -0.2) is 35.9 Å². The minimum atomic E-state index is -0.610. The van der Waals surface area contributed by atoms with E-state index in [0.29, 0.717) is 17.9 Å². The van der Waals surface area contributed by atoms with Gasteiger partial charge in [-0.25, -0.2) is 14.8 Å². The summed E-state index contributed by atoms with van der Waals surface area (Å²) in [4.78, 5) is 21.9. The summed E-state index contributed by atoms with van der Waals surface area (Å²) in [5.41, 5.74) is 2.84. The normalized spacial score (nSPS) is 11.2. The Labute approximate surface area is 211 Å². The lowest BCUT2D eigenvalue weighted by Gasteiger charge is -2.20. The number of carbonyl (C=O) groups is 1. The van der Waals surface area contributed by atoms with Gasteiger partial charge in [0.05, 0.1) is 25.6 Å². The van der Waals surface area contributed by atoms with E-state index in [4.69, 9.17) is 19.2 Å². The number of aryl methyl sites for hydroxylation is 2. The lowest BCUT2D eigenvalue weighted by atomic mass is 10.0. The molecule has 0 saturated carbocycles. The predicted octanol–water partition coefficient (Wildman–Crippen LogP) is 6.45. The van der Waals surface area contributed by atoms with Crippen molar-refractivity contribution in [1.29, 1.82) is 0 Å². The van der Waals surface area contributed by atoms with Gasteiger partial charge >= 0.3 is 6.09 Å². The molecule has 0 saturated heterocycles. The first-order valence-corrected chi connectivity index (χ1v) is 11.8. The molecule has 36 heavy (non-hydrogen) atoms. The van der Waals surface area contributed by atoms with Crippen molar-refractivity contribution in [2.45, 2.75) is 39.2 Å².